The SMILES string of the molecule is Nc1nc(-c2ccc(F)cc2)c(-c2cc(Cl)c3c(c2)C=NC3)nc1C(=O)O. The summed E-state index contributed by atoms with van der Waals surface area (Å²) in [5, 5.41) is 9.87. The van der Waals surface area contributed by atoms with Crippen molar-refractivity contribution in [3.63, 3.8) is 0 Å². The van der Waals surface area contributed by atoms with Crippen LogP contribution in [0.3, 0.4) is 0 Å². The zero-order valence-corrected chi connectivity index (χ0v) is 14.5. The smallest absolute Gasteiger partial charge is 0.358 e. The maximum absolute atomic E-state index is 13.3. The van der Waals surface area contributed by atoms with Gasteiger partial charge in [-0.3, -0.25) is 4.99 Å². The first-order valence-electron chi connectivity index (χ1n) is 7.93. The fourth-order valence-electron chi connectivity index (χ4n) is 2.93. The number of aromatic nitrogens is 2. The third-order valence-electron chi connectivity index (χ3n) is 4.23. The predicted molar refractivity (Wildman–Crippen MR) is 101 cm³/mol. The largest absolute Gasteiger partial charge is 0.476 e. The fourth-order valence-corrected chi connectivity index (χ4v) is 3.21. The van der Waals surface area contributed by atoms with E-state index in [9.17, 15) is 14.3 Å². The highest BCUT2D eigenvalue weighted by atomic mass is 35.5. The molecule has 0 fully saturated rings. The minimum Gasteiger partial charge on any atom is -0.476 e. The summed E-state index contributed by atoms with van der Waals surface area (Å²) in [5.74, 6) is -1.92. The number of carbonyl (C=O) groups is 1. The van der Waals surface area contributed by atoms with Gasteiger partial charge in [-0.25, -0.2) is 19.2 Å². The Bertz CT molecular complexity index is 1110. The standard InChI is InChI=1S/C19H12ClFN4O2/c20-14-6-10(5-11-7-23-8-13(11)14)16-15(9-1-3-12(21)4-2-9)25-18(22)17(24-16)19(26)27/h1-7H,8H2,(H2,22,25)(H,26,27). The third-order valence-corrected chi connectivity index (χ3v) is 4.56. The van der Waals surface area contributed by atoms with Gasteiger partial charge in [0.1, 0.15) is 5.82 Å². The Kier molecular flexibility index (Phi) is 4.08. The molecule has 8 heteroatoms. The first-order valence-corrected chi connectivity index (χ1v) is 8.31. The molecule has 1 aliphatic heterocycles. The van der Waals surface area contributed by atoms with Crippen molar-refractivity contribution in [1.82, 2.24) is 9.97 Å². The summed E-state index contributed by atoms with van der Waals surface area (Å²) in [6.07, 6.45) is 1.70. The Labute approximate surface area is 158 Å². The number of rotatable bonds is 3. The highest BCUT2D eigenvalue weighted by molar-refractivity contribution is 6.32. The zero-order chi connectivity index (χ0) is 19.1. The summed E-state index contributed by atoms with van der Waals surface area (Å²) >= 11 is 6.36. The lowest BCUT2D eigenvalue weighted by Crippen LogP contribution is -2.10. The predicted octanol–water partition coefficient (Wildman–Crippen LogP) is 3.82. The molecule has 1 aliphatic rings. The van der Waals surface area contributed by atoms with E-state index in [0.717, 1.165) is 11.1 Å². The molecule has 0 aliphatic carbocycles. The van der Waals surface area contributed by atoms with E-state index in [1.807, 2.05) is 6.07 Å². The average Bonchev–Trinajstić information content (AvgIpc) is 3.11. The highest BCUT2D eigenvalue weighted by Gasteiger charge is 2.21. The van der Waals surface area contributed by atoms with E-state index in [2.05, 4.69) is 15.0 Å². The van der Waals surface area contributed by atoms with Crippen molar-refractivity contribution in [2.75, 3.05) is 5.73 Å². The molecule has 0 bridgehead atoms. The number of hydrogen-bond acceptors (Lipinski definition) is 5. The van der Waals surface area contributed by atoms with Crippen LogP contribution in [0.15, 0.2) is 41.4 Å². The van der Waals surface area contributed by atoms with Gasteiger partial charge in [-0.1, -0.05) is 11.6 Å². The summed E-state index contributed by atoms with van der Waals surface area (Å²) in [4.78, 5) is 24.1. The number of carboxylic acids is 1. The van der Waals surface area contributed by atoms with Crippen molar-refractivity contribution in [3.8, 4) is 22.5 Å². The number of aromatic carboxylic acids is 1. The molecule has 6 nitrogen and oxygen atoms in total. The van der Waals surface area contributed by atoms with Crippen LogP contribution >= 0.6 is 11.6 Å². The number of nitrogen functional groups attached to an aromatic ring is 1. The minimum absolute atomic E-state index is 0.223. The maximum Gasteiger partial charge on any atom is 0.358 e. The van der Waals surface area contributed by atoms with Gasteiger partial charge in [-0.2, -0.15) is 0 Å². The van der Waals surface area contributed by atoms with Crippen LogP contribution in [0.4, 0.5) is 10.2 Å². The maximum atomic E-state index is 13.3. The van der Waals surface area contributed by atoms with Crippen LogP contribution in [-0.2, 0) is 6.54 Å². The third kappa shape index (κ3) is 3.02. The number of nitrogens with two attached hydrogens (primary N) is 1. The van der Waals surface area contributed by atoms with Crippen LogP contribution in [0, 0.1) is 5.82 Å². The molecule has 0 saturated heterocycles. The van der Waals surface area contributed by atoms with Crippen molar-refractivity contribution in [1.29, 1.82) is 0 Å². The van der Waals surface area contributed by atoms with Crippen molar-refractivity contribution < 1.29 is 14.3 Å². The Balaban J connectivity index is 1.99. The first-order chi connectivity index (χ1) is 12.9. The number of carboxylic acid groups (broad SMARTS) is 1. The van der Waals surface area contributed by atoms with Crippen LogP contribution in [0.5, 0.6) is 0 Å². The average molecular weight is 383 g/mol. The summed E-state index contributed by atoms with van der Waals surface area (Å²) in [7, 11) is 0. The normalized spacial score (nSPS) is 12.2. The Morgan fingerprint density at radius 2 is 1.81 bits per heavy atom. The molecule has 0 saturated carbocycles. The lowest BCUT2D eigenvalue weighted by atomic mass is 10.00. The van der Waals surface area contributed by atoms with E-state index in [4.69, 9.17) is 17.3 Å². The Morgan fingerprint density at radius 1 is 1.11 bits per heavy atom. The topological polar surface area (TPSA) is 101 Å². The van der Waals surface area contributed by atoms with E-state index in [0.29, 0.717) is 34.1 Å². The van der Waals surface area contributed by atoms with Gasteiger partial charge in [0.2, 0.25) is 0 Å². The highest BCUT2D eigenvalue weighted by Crippen LogP contribution is 2.35. The van der Waals surface area contributed by atoms with Gasteiger partial charge in [-0.05, 0) is 42.0 Å². The lowest BCUT2D eigenvalue weighted by Gasteiger charge is -2.13. The van der Waals surface area contributed by atoms with Gasteiger partial charge in [0.05, 0.1) is 17.9 Å². The van der Waals surface area contributed by atoms with Gasteiger partial charge in [0.25, 0.3) is 0 Å². The second-order valence-corrected chi connectivity index (χ2v) is 6.37. The van der Waals surface area contributed by atoms with Crippen molar-refractivity contribution in [2.24, 2.45) is 4.99 Å². The molecule has 0 amide bonds. The zero-order valence-electron chi connectivity index (χ0n) is 13.8. The van der Waals surface area contributed by atoms with Crippen LogP contribution in [0.1, 0.15) is 21.6 Å². The Hall–Kier alpha value is -3.32. The molecule has 27 heavy (non-hydrogen) atoms. The molecule has 3 N–H and O–H groups in total. The summed E-state index contributed by atoms with van der Waals surface area (Å²) in [6.45, 7) is 0.493. The van der Waals surface area contributed by atoms with Gasteiger partial charge < -0.3 is 10.8 Å². The summed E-state index contributed by atoms with van der Waals surface area (Å²) in [6, 6.07) is 9.12. The van der Waals surface area contributed by atoms with Gasteiger partial charge in [0.15, 0.2) is 11.5 Å². The number of aliphatic imine (C=N–C) groups is 1. The molecular formula is C19H12ClFN4O2. The molecule has 0 unspecified atom stereocenters. The number of nitrogens with zero attached hydrogens (tertiary/aromatic N) is 3. The van der Waals surface area contributed by atoms with Crippen LogP contribution in [-0.4, -0.2) is 27.3 Å². The molecule has 0 radical (unpaired) electrons. The number of fused-ring (bicyclic) bond motifs is 1. The monoisotopic (exact) mass is 382 g/mol. The Morgan fingerprint density at radius 3 is 2.52 bits per heavy atom. The summed E-state index contributed by atoms with van der Waals surface area (Å²) in [5.41, 5.74) is 8.89. The number of halogens is 2. The number of anilines is 1. The molecule has 2 heterocycles. The second-order valence-electron chi connectivity index (χ2n) is 5.96. The van der Waals surface area contributed by atoms with Crippen LogP contribution in [0.2, 0.25) is 5.02 Å². The molecule has 0 spiro atoms. The van der Waals surface area contributed by atoms with Gasteiger partial charge in [0, 0.05) is 27.9 Å². The van der Waals surface area contributed by atoms with Crippen molar-refractivity contribution >= 4 is 29.6 Å². The molecule has 1 aromatic heterocycles. The van der Waals surface area contributed by atoms with E-state index in [1.165, 1.54) is 24.3 Å². The molecular weight excluding hydrogens is 371 g/mol. The number of hydrogen-bond donors (Lipinski definition) is 2. The quantitative estimate of drug-likeness (QED) is 0.717. The van der Waals surface area contributed by atoms with Crippen LogP contribution in [0.25, 0.3) is 22.5 Å². The van der Waals surface area contributed by atoms with Crippen molar-refractivity contribution in [3.05, 3.63) is 64.1 Å². The van der Waals surface area contributed by atoms with Gasteiger partial charge in [-0.15, -0.1) is 0 Å². The fraction of sp³-hybridized carbons (Fsp3) is 0.0526. The van der Waals surface area contributed by atoms with E-state index >= 15 is 0 Å². The minimum atomic E-state index is -1.29. The molecule has 134 valence electrons. The molecule has 0 atom stereocenters. The lowest BCUT2D eigenvalue weighted by molar-refractivity contribution is 0.0691. The first kappa shape index (κ1) is 17.1. The second kappa shape index (κ2) is 6.44. The molecule has 2 aromatic carbocycles. The molecule has 3 aromatic rings. The van der Waals surface area contributed by atoms with Gasteiger partial charge >= 0.3 is 5.97 Å². The summed E-state index contributed by atoms with van der Waals surface area (Å²) < 4.78 is 13.3. The van der Waals surface area contributed by atoms with E-state index in [1.54, 1.807) is 12.3 Å². The van der Waals surface area contributed by atoms with E-state index in [-0.39, 0.29) is 11.5 Å². The number of benzene rings is 2. The van der Waals surface area contributed by atoms with Crippen LogP contribution < -0.4 is 5.73 Å². The molecule has 4 rings (SSSR count). The van der Waals surface area contributed by atoms with Crippen molar-refractivity contribution in [2.45, 2.75) is 6.54 Å². The van der Waals surface area contributed by atoms with E-state index < -0.39 is 11.8 Å².